The van der Waals surface area contributed by atoms with E-state index in [2.05, 4.69) is 258 Å². The maximum absolute atomic E-state index is 11.8. The predicted octanol–water partition coefficient (Wildman–Crippen LogP) is 18.8. The van der Waals surface area contributed by atoms with Crippen LogP contribution in [0.2, 0.25) is 0 Å². The zero-order valence-corrected chi connectivity index (χ0v) is 52.8. The van der Waals surface area contributed by atoms with Crippen LogP contribution in [0.15, 0.2) is 231 Å². The number of hydrogen-bond donors (Lipinski definition) is 1. The molecular weight excluding hydrogens is 1120 g/mol. The van der Waals surface area contributed by atoms with Gasteiger partial charge in [-0.2, -0.15) is 23.5 Å². The summed E-state index contributed by atoms with van der Waals surface area (Å²) in [6.45, 7) is 10.7. The molecular formula is C81H80O5S2. The summed E-state index contributed by atoms with van der Waals surface area (Å²) < 4.78 is 26.5. The van der Waals surface area contributed by atoms with Gasteiger partial charge in [-0.15, -0.1) is 0 Å². The third kappa shape index (κ3) is 11.0. The maximum Gasteiger partial charge on any atom is 0.119 e. The molecule has 2 aliphatic heterocycles. The highest BCUT2D eigenvalue weighted by Crippen LogP contribution is 2.58. The molecule has 2 fully saturated rings. The average Bonchev–Trinajstić information content (AvgIpc) is 2.31. The minimum absolute atomic E-state index is 0.100. The van der Waals surface area contributed by atoms with Crippen LogP contribution in [0.25, 0.3) is 21.5 Å². The number of aliphatic hydroxyl groups excluding tert-OH is 1. The first kappa shape index (κ1) is 58.6. The second-order valence-electron chi connectivity index (χ2n) is 25.1. The molecule has 0 aromatic heterocycles. The van der Waals surface area contributed by atoms with Crippen LogP contribution in [0.3, 0.4) is 0 Å². The smallest absolute Gasteiger partial charge is 0.119 e. The molecule has 1 N–H and O–H groups in total. The third-order valence-electron chi connectivity index (χ3n) is 20.5. The van der Waals surface area contributed by atoms with Crippen LogP contribution < -0.4 is 9.47 Å². The average molecular weight is 1200 g/mol. The Balaban J connectivity index is 0.715. The van der Waals surface area contributed by atoms with Gasteiger partial charge in [0.15, 0.2) is 0 Å². The van der Waals surface area contributed by atoms with E-state index in [1.807, 2.05) is 23.5 Å². The Morgan fingerprint density at radius 1 is 0.420 bits per heavy atom. The van der Waals surface area contributed by atoms with E-state index in [-0.39, 0.29) is 30.7 Å². The Morgan fingerprint density at radius 2 is 0.807 bits per heavy atom. The van der Waals surface area contributed by atoms with Gasteiger partial charge in [-0.05, 0) is 151 Å². The van der Waals surface area contributed by atoms with Crippen molar-refractivity contribution in [3.8, 4) is 11.5 Å². The molecule has 2 saturated heterocycles. The lowest BCUT2D eigenvalue weighted by Crippen LogP contribution is -2.34. The van der Waals surface area contributed by atoms with Crippen molar-refractivity contribution in [1.29, 1.82) is 0 Å². The summed E-state index contributed by atoms with van der Waals surface area (Å²) in [4.78, 5) is 0. The molecule has 2 heterocycles. The number of fused-ring (bicyclic) bond motifs is 4. The third-order valence-corrected chi connectivity index (χ3v) is 22.4. The second kappa shape index (κ2) is 24.7. The SMILES string of the molecule is CCC(CC)(OCC(O)COc1ccc(C2(c3ccc(C(CC)(CC)OCC4CS4)cc3)CC(c3ccc4ccccc4c3)c3ccccc32)cc1)c1ccc(C2(c3ccc(OCC4CS4)cc3)CC(c3ccc4ccccc4c3)c3ccccc32)cc1. The highest BCUT2D eigenvalue weighted by atomic mass is 32.2. The van der Waals surface area contributed by atoms with Gasteiger partial charge in [0.2, 0.25) is 0 Å². The Bertz CT molecular complexity index is 4050. The van der Waals surface area contributed by atoms with Crippen molar-refractivity contribution in [1.82, 2.24) is 0 Å². The molecule has 0 saturated carbocycles. The van der Waals surface area contributed by atoms with Crippen molar-refractivity contribution in [3.05, 3.63) is 297 Å². The van der Waals surface area contributed by atoms with E-state index in [4.69, 9.17) is 18.9 Å². The van der Waals surface area contributed by atoms with Gasteiger partial charge in [0.25, 0.3) is 0 Å². The summed E-state index contributed by atoms with van der Waals surface area (Å²) in [5.74, 6) is 4.38. The van der Waals surface area contributed by atoms with Gasteiger partial charge >= 0.3 is 0 Å². The fourth-order valence-electron chi connectivity index (χ4n) is 15.2. The highest BCUT2D eigenvalue weighted by Gasteiger charge is 2.49. The summed E-state index contributed by atoms with van der Waals surface area (Å²) in [6.07, 6.45) is 4.26. The normalized spacial score (nSPS) is 21.5. The number of thioether (sulfide) groups is 2. The maximum atomic E-state index is 11.8. The van der Waals surface area contributed by atoms with Crippen LogP contribution in [0.5, 0.6) is 11.5 Å². The molecule has 0 spiro atoms. The van der Waals surface area contributed by atoms with E-state index < -0.39 is 22.5 Å². The molecule has 4 aliphatic rings. The van der Waals surface area contributed by atoms with Crippen LogP contribution >= 0.6 is 23.5 Å². The van der Waals surface area contributed by atoms with Gasteiger partial charge in [-0.3, -0.25) is 0 Å². The second-order valence-corrected chi connectivity index (χ2v) is 27.8. The molecule has 0 radical (unpaired) electrons. The standard InChI is InChI=1S/C81H80O5S2/c1-5-78(6-2,61-29-33-63(34-30-61)81(66-39-43-69(44-40-66)84-51-70-53-87-70)48-75(73-22-14-16-24-77(73)81)60-28-26-56-18-10-12-20-58(56)46-60)85-50-67(82)49-83-68-41-37-65(38-42-68)80(64-35-31-62(32-36-64)79(7-3,8-4)86-52-71-54-88-71)47-74(72-21-13-15-23-76(72)80)59-27-25-55-17-9-11-19-57(55)45-59/h9-46,67,70-71,74-75,82H,5-8,47-54H2,1-4H3. The number of hydrogen-bond acceptors (Lipinski definition) is 7. The number of ether oxygens (including phenoxy) is 4. The zero-order valence-electron chi connectivity index (χ0n) is 51.2. The van der Waals surface area contributed by atoms with Gasteiger partial charge in [-0.1, -0.05) is 234 Å². The van der Waals surface area contributed by atoms with E-state index in [1.54, 1.807) is 0 Å². The lowest BCUT2D eigenvalue weighted by atomic mass is 9.69. The van der Waals surface area contributed by atoms with Crippen LogP contribution in [0.1, 0.15) is 145 Å². The Hall–Kier alpha value is -7.10. The van der Waals surface area contributed by atoms with E-state index in [0.29, 0.717) is 16.2 Å². The molecule has 0 bridgehead atoms. The summed E-state index contributed by atoms with van der Waals surface area (Å²) in [7, 11) is 0. The fraction of sp³-hybridized carbons (Fsp3) is 0.309. The first-order valence-electron chi connectivity index (χ1n) is 32.2. The first-order valence-corrected chi connectivity index (χ1v) is 34.3. The highest BCUT2D eigenvalue weighted by molar-refractivity contribution is 8.07. The predicted molar refractivity (Wildman–Crippen MR) is 365 cm³/mol. The van der Waals surface area contributed by atoms with Crippen molar-refractivity contribution >= 4 is 45.1 Å². The number of benzene rings is 10. The first-order chi connectivity index (χ1) is 43.2. The Labute approximate surface area is 529 Å². The van der Waals surface area contributed by atoms with Crippen LogP contribution in [0.4, 0.5) is 0 Å². The topological polar surface area (TPSA) is 57.2 Å². The molecule has 10 aromatic rings. The monoisotopic (exact) mass is 1200 g/mol. The minimum atomic E-state index is -0.851. The van der Waals surface area contributed by atoms with Crippen LogP contribution in [-0.4, -0.2) is 59.6 Å². The molecule has 446 valence electrons. The quantitative estimate of drug-likeness (QED) is 0.0605. The van der Waals surface area contributed by atoms with Crippen molar-refractivity contribution in [2.75, 3.05) is 37.9 Å². The zero-order chi connectivity index (χ0) is 59.9. The van der Waals surface area contributed by atoms with Gasteiger partial charge in [0.05, 0.1) is 24.4 Å². The van der Waals surface area contributed by atoms with Gasteiger partial charge in [0.1, 0.15) is 30.8 Å². The molecule has 14 rings (SSSR count). The molecule has 7 unspecified atom stereocenters. The molecule has 5 nitrogen and oxygen atoms in total. The van der Waals surface area contributed by atoms with Crippen LogP contribution in [-0.2, 0) is 31.5 Å². The largest absolute Gasteiger partial charge is 0.492 e. The van der Waals surface area contributed by atoms with Gasteiger partial charge in [0, 0.05) is 44.7 Å². The fourth-order valence-corrected chi connectivity index (χ4v) is 16.0. The Kier molecular flexibility index (Phi) is 16.4. The van der Waals surface area contributed by atoms with Crippen molar-refractivity contribution < 1.29 is 24.1 Å². The molecule has 7 heteroatoms. The van der Waals surface area contributed by atoms with E-state index in [9.17, 15) is 5.11 Å². The van der Waals surface area contributed by atoms with E-state index in [1.165, 1.54) is 94.2 Å². The van der Waals surface area contributed by atoms with Gasteiger partial charge < -0.3 is 24.1 Å². The summed E-state index contributed by atoms with van der Waals surface area (Å²) in [5, 5.41) is 18.0. The summed E-state index contributed by atoms with van der Waals surface area (Å²) in [5.41, 5.74) is 13.6. The molecule has 7 atom stereocenters. The molecule has 0 amide bonds. The Morgan fingerprint density at radius 3 is 1.25 bits per heavy atom. The molecule has 88 heavy (non-hydrogen) atoms. The van der Waals surface area contributed by atoms with E-state index >= 15 is 0 Å². The van der Waals surface area contributed by atoms with E-state index in [0.717, 1.165) is 63.1 Å². The van der Waals surface area contributed by atoms with Crippen molar-refractivity contribution in [2.45, 2.75) is 117 Å². The minimum Gasteiger partial charge on any atom is -0.492 e. The van der Waals surface area contributed by atoms with Crippen LogP contribution in [0, 0.1) is 0 Å². The lowest BCUT2D eigenvalue weighted by molar-refractivity contribution is -0.0961. The molecule has 10 aromatic carbocycles. The van der Waals surface area contributed by atoms with Gasteiger partial charge in [-0.25, -0.2) is 0 Å². The lowest BCUT2D eigenvalue weighted by Gasteiger charge is -2.36. The number of aliphatic hydroxyl groups is 1. The summed E-state index contributed by atoms with van der Waals surface area (Å²) >= 11 is 3.95. The molecule has 2 aliphatic carbocycles. The summed E-state index contributed by atoms with van der Waals surface area (Å²) in [6, 6.07) is 85.9. The van der Waals surface area contributed by atoms with Crippen molar-refractivity contribution in [2.24, 2.45) is 0 Å². The van der Waals surface area contributed by atoms with Crippen molar-refractivity contribution in [3.63, 3.8) is 0 Å². The number of rotatable bonds is 24.